The molecule has 1 heterocycles. The second-order valence-corrected chi connectivity index (χ2v) is 8.80. The number of rotatable bonds is 7. The van der Waals surface area contributed by atoms with E-state index in [9.17, 15) is 9.59 Å². The van der Waals surface area contributed by atoms with E-state index in [2.05, 4.69) is 28.3 Å². The van der Waals surface area contributed by atoms with Gasteiger partial charge in [-0.2, -0.15) is 5.01 Å². The third kappa shape index (κ3) is 5.46. The van der Waals surface area contributed by atoms with Crippen LogP contribution in [0, 0.1) is 0 Å². The molecule has 3 rings (SSSR count). The molecular formula is C21H19BrN2O3S2. The van der Waals surface area contributed by atoms with E-state index in [1.165, 1.54) is 0 Å². The van der Waals surface area contributed by atoms with Crippen LogP contribution in [0.4, 0.5) is 0 Å². The van der Waals surface area contributed by atoms with Gasteiger partial charge < -0.3 is 4.74 Å². The highest BCUT2D eigenvalue weighted by Crippen LogP contribution is 2.33. The van der Waals surface area contributed by atoms with Crippen molar-refractivity contribution >= 4 is 62.1 Å². The number of nitrogens with one attached hydrogen (secondary N) is 1. The molecule has 1 fully saturated rings. The van der Waals surface area contributed by atoms with Gasteiger partial charge >= 0.3 is 0 Å². The van der Waals surface area contributed by atoms with Crippen molar-refractivity contribution in [2.45, 2.75) is 19.8 Å². The second kappa shape index (κ2) is 10.0. The topological polar surface area (TPSA) is 58.6 Å². The van der Waals surface area contributed by atoms with Gasteiger partial charge in [-0.25, -0.2) is 0 Å². The fourth-order valence-corrected chi connectivity index (χ4v) is 3.97. The number of hydrogen-bond donors (Lipinski definition) is 1. The average Bonchev–Trinajstić information content (AvgIpc) is 2.97. The molecule has 0 saturated carbocycles. The van der Waals surface area contributed by atoms with Gasteiger partial charge in [-0.15, -0.1) is 0 Å². The summed E-state index contributed by atoms with van der Waals surface area (Å²) in [6, 6.07) is 14.4. The zero-order chi connectivity index (χ0) is 20.8. The van der Waals surface area contributed by atoms with Crippen LogP contribution in [-0.2, 0) is 4.79 Å². The van der Waals surface area contributed by atoms with Gasteiger partial charge in [0.1, 0.15) is 5.75 Å². The van der Waals surface area contributed by atoms with Crippen LogP contribution in [0.2, 0.25) is 0 Å². The Hall–Kier alpha value is -2.16. The summed E-state index contributed by atoms with van der Waals surface area (Å²) in [5.74, 6) is -0.0581. The number of thiocarbonyl (C=S) groups is 1. The maximum atomic E-state index is 12.8. The lowest BCUT2D eigenvalue weighted by atomic mass is 10.2. The number of amides is 2. The molecule has 2 aromatic rings. The first-order valence-electron chi connectivity index (χ1n) is 9.06. The van der Waals surface area contributed by atoms with Crippen molar-refractivity contribution in [3.05, 3.63) is 69.0 Å². The molecule has 5 nitrogen and oxygen atoms in total. The third-order valence-corrected chi connectivity index (χ3v) is 5.91. The van der Waals surface area contributed by atoms with Crippen molar-refractivity contribution in [2.24, 2.45) is 0 Å². The van der Waals surface area contributed by atoms with Crippen LogP contribution in [-0.4, -0.2) is 27.8 Å². The SMILES string of the molecule is CCCCOc1ccccc1/C=C1/SC(=S)N(NC(=O)c2ccc(Br)cc2)C1=O. The van der Waals surface area contributed by atoms with E-state index in [4.69, 9.17) is 17.0 Å². The van der Waals surface area contributed by atoms with E-state index >= 15 is 0 Å². The molecule has 2 amide bonds. The first-order chi connectivity index (χ1) is 14.0. The number of hydrogen-bond acceptors (Lipinski definition) is 5. The smallest absolute Gasteiger partial charge is 0.285 e. The summed E-state index contributed by atoms with van der Waals surface area (Å²) in [6.07, 6.45) is 3.74. The van der Waals surface area contributed by atoms with Crippen molar-refractivity contribution in [2.75, 3.05) is 6.61 Å². The number of unbranched alkanes of at least 4 members (excludes halogenated alkanes) is 1. The van der Waals surface area contributed by atoms with Crippen LogP contribution < -0.4 is 10.2 Å². The summed E-state index contributed by atoms with van der Waals surface area (Å²) < 4.78 is 6.96. The number of ether oxygens (including phenoxy) is 1. The Bertz CT molecular complexity index is 961. The number of para-hydroxylation sites is 1. The predicted molar refractivity (Wildman–Crippen MR) is 123 cm³/mol. The van der Waals surface area contributed by atoms with Gasteiger partial charge in [0, 0.05) is 15.6 Å². The maximum absolute atomic E-state index is 12.8. The summed E-state index contributed by atoms with van der Waals surface area (Å²) in [6.45, 7) is 2.72. The van der Waals surface area contributed by atoms with Gasteiger partial charge in [0.2, 0.25) is 0 Å². The normalized spacial score (nSPS) is 15.1. The molecule has 1 N–H and O–H groups in total. The molecular weight excluding hydrogens is 472 g/mol. The van der Waals surface area contributed by atoms with E-state index in [1.807, 2.05) is 24.3 Å². The Labute approximate surface area is 187 Å². The molecule has 1 aliphatic rings. The minimum atomic E-state index is -0.404. The number of carbonyl (C=O) groups excluding carboxylic acids is 2. The number of benzene rings is 2. The molecule has 150 valence electrons. The molecule has 0 spiro atoms. The fraction of sp³-hybridized carbons (Fsp3) is 0.190. The van der Waals surface area contributed by atoms with E-state index in [1.54, 1.807) is 30.3 Å². The lowest BCUT2D eigenvalue weighted by Gasteiger charge is -2.15. The average molecular weight is 491 g/mol. The van der Waals surface area contributed by atoms with Gasteiger partial charge in [-0.3, -0.25) is 15.0 Å². The molecule has 0 bridgehead atoms. The van der Waals surface area contributed by atoms with Crippen LogP contribution in [0.3, 0.4) is 0 Å². The highest BCUT2D eigenvalue weighted by atomic mass is 79.9. The van der Waals surface area contributed by atoms with Crippen molar-refractivity contribution in [3.8, 4) is 5.75 Å². The number of hydrazine groups is 1. The lowest BCUT2D eigenvalue weighted by Crippen LogP contribution is -2.44. The number of carbonyl (C=O) groups is 2. The molecule has 8 heteroatoms. The van der Waals surface area contributed by atoms with Crippen LogP contribution in [0.25, 0.3) is 6.08 Å². The molecule has 0 radical (unpaired) electrons. The Balaban J connectivity index is 1.75. The maximum Gasteiger partial charge on any atom is 0.285 e. The third-order valence-electron chi connectivity index (χ3n) is 4.07. The number of nitrogens with zero attached hydrogens (tertiary/aromatic N) is 1. The summed E-state index contributed by atoms with van der Waals surface area (Å²) >= 11 is 9.77. The van der Waals surface area contributed by atoms with Crippen molar-refractivity contribution < 1.29 is 14.3 Å². The minimum absolute atomic E-state index is 0.274. The number of thioether (sulfide) groups is 1. The van der Waals surface area contributed by atoms with E-state index in [-0.39, 0.29) is 10.2 Å². The fourth-order valence-electron chi connectivity index (χ4n) is 2.53. The van der Waals surface area contributed by atoms with Crippen LogP contribution in [0.5, 0.6) is 5.75 Å². The van der Waals surface area contributed by atoms with Gasteiger partial charge in [-0.1, -0.05) is 59.2 Å². The lowest BCUT2D eigenvalue weighted by molar-refractivity contribution is -0.123. The highest BCUT2D eigenvalue weighted by molar-refractivity contribution is 9.10. The predicted octanol–water partition coefficient (Wildman–Crippen LogP) is 5.17. The summed E-state index contributed by atoms with van der Waals surface area (Å²) in [5.41, 5.74) is 3.81. The van der Waals surface area contributed by atoms with E-state index < -0.39 is 5.91 Å². The Morgan fingerprint density at radius 2 is 1.97 bits per heavy atom. The monoisotopic (exact) mass is 490 g/mol. The van der Waals surface area contributed by atoms with Crippen LogP contribution in [0.15, 0.2) is 57.9 Å². The van der Waals surface area contributed by atoms with Gasteiger partial charge in [-0.05, 0) is 55.0 Å². The number of halogens is 1. The Morgan fingerprint density at radius 3 is 2.69 bits per heavy atom. The zero-order valence-electron chi connectivity index (χ0n) is 15.7. The van der Waals surface area contributed by atoms with E-state index in [0.29, 0.717) is 22.8 Å². The van der Waals surface area contributed by atoms with Gasteiger partial charge in [0.05, 0.1) is 11.5 Å². The standard InChI is InChI=1S/C21H19BrN2O3S2/c1-2-3-12-27-17-7-5-4-6-15(17)13-18-20(26)24(21(28)29-18)23-19(25)14-8-10-16(22)11-9-14/h4-11,13H,2-3,12H2,1H3,(H,23,25)/b18-13+. The molecule has 1 aliphatic heterocycles. The Kier molecular flexibility index (Phi) is 7.46. The second-order valence-electron chi connectivity index (χ2n) is 6.20. The zero-order valence-corrected chi connectivity index (χ0v) is 18.9. The molecule has 0 aliphatic carbocycles. The first kappa shape index (κ1) is 21.5. The molecule has 1 saturated heterocycles. The molecule has 0 aromatic heterocycles. The van der Waals surface area contributed by atoms with Crippen molar-refractivity contribution in [1.29, 1.82) is 0 Å². The van der Waals surface area contributed by atoms with Crippen LogP contribution >= 0.6 is 39.9 Å². The quantitative estimate of drug-likeness (QED) is 0.329. The van der Waals surface area contributed by atoms with Crippen LogP contribution in [0.1, 0.15) is 35.7 Å². The molecule has 0 atom stereocenters. The van der Waals surface area contributed by atoms with Crippen molar-refractivity contribution in [1.82, 2.24) is 10.4 Å². The van der Waals surface area contributed by atoms with Gasteiger partial charge in [0.15, 0.2) is 4.32 Å². The molecule has 2 aromatic carbocycles. The summed E-state index contributed by atoms with van der Waals surface area (Å²) in [4.78, 5) is 25.7. The van der Waals surface area contributed by atoms with Crippen molar-refractivity contribution in [3.63, 3.8) is 0 Å². The molecule has 29 heavy (non-hydrogen) atoms. The Morgan fingerprint density at radius 1 is 1.24 bits per heavy atom. The highest BCUT2D eigenvalue weighted by Gasteiger charge is 2.34. The summed E-state index contributed by atoms with van der Waals surface area (Å²) in [7, 11) is 0. The first-order valence-corrected chi connectivity index (χ1v) is 11.1. The largest absolute Gasteiger partial charge is 0.493 e. The summed E-state index contributed by atoms with van der Waals surface area (Å²) in [5, 5.41) is 1.11. The van der Waals surface area contributed by atoms with Gasteiger partial charge in [0.25, 0.3) is 11.8 Å². The van der Waals surface area contributed by atoms with E-state index in [0.717, 1.165) is 39.6 Å². The molecule has 0 unspecified atom stereocenters. The minimum Gasteiger partial charge on any atom is -0.493 e.